The molecule has 0 aliphatic carbocycles. The molecule has 1 aromatic carbocycles. The second kappa shape index (κ2) is 9.00. The van der Waals surface area contributed by atoms with E-state index in [0.717, 1.165) is 5.69 Å². The van der Waals surface area contributed by atoms with E-state index in [2.05, 4.69) is 16.9 Å². The Morgan fingerprint density at radius 2 is 2.06 bits per heavy atom. The van der Waals surface area contributed by atoms with Gasteiger partial charge in [-0.25, -0.2) is 9.48 Å². The predicted molar refractivity (Wildman–Crippen MR) is 127 cm³/mol. The van der Waals surface area contributed by atoms with Crippen molar-refractivity contribution in [1.82, 2.24) is 19.6 Å². The monoisotopic (exact) mass is 481 g/mol. The minimum Gasteiger partial charge on any atom is -0.444 e. The second-order valence-electron chi connectivity index (χ2n) is 9.96. The first kappa shape index (κ1) is 24.7. The highest BCUT2D eigenvalue weighted by Crippen LogP contribution is 2.29. The van der Waals surface area contributed by atoms with Crippen LogP contribution >= 0.6 is 0 Å². The Morgan fingerprint density at radius 1 is 1.31 bits per heavy atom. The van der Waals surface area contributed by atoms with Crippen LogP contribution in [0.1, 0.15) is 55.9 Å². The Hall–Kier alpha value is -3.39. The molecular weight excluding hydrogens is 450 g/mol. The van der Waals surface area contributed by atoms with Gasteiger partial charge in [0.1, 0.15) is 17.5 Å². The molecule has 0 bridgehead atoms. The van der Waals surface area contributed by atoms with Crippen LogP contribution in [0.2, 0.25) is 0 Å². The van der Waals surface area contributed by atoms with Gasteiger partial charge >= 0.3 is 6.09 Å². The lowest BCUT2D eigenvalue weighted by Gasteiger charge is -2.30. The highest BCUT2D eigenvalue weighted by molar-refractivity contribution is 5.90. The number of hydrogen-bond acceptors (Lipinski definition) is 7. The summed E-state index contributed by atoms with van der Waals surface area (Å²) in [5.41, 5.74) is 6.59. The van der Waals surface area contributed by atoms with Gasteiger partial charge < -0.3 is 30.5 Å². The molecular formula is C25H31N5O5. The first-order valence-corrected chi connectivity index (χ1v) is 11.5. The molecule has 4 N–H and O–H groups in total. The number of aliphatic hydroxyl groups is 2. The van der Waals surface area contributed by atoms with E-state index in [4.69, 9.17) is 10.5 Å². The molecule has 2 aliphatic rings. The maximum absolute atomic E-state index is 12.6. The van der Waals surface area contributed by atoms with Crippen LogP contribution in [0.15, 0.2) is 24.3 Å². The largest absolute Gasteiger partial charge is 0.444 e. The molecule has 2 aliphatic heterocycles. The number of fused-ring (bicyclic) bond motifs is 1. The van der Waals surface area contributed by atoms with E-state index in [1.54, 1.807) is 34.8 Å². The number of nitrogens with zero attached hydrogens (tertiary/aromatic N) is 4. The Morgan fingerprint density at radius 3 is 2.69 bits per heavy atom. The number of nitrogens with two attached hydrogens (primary N) is 1. The molecule has 3 heterocycles. The Balaban J connectivity index is 1.64. The minimum absolute atomic E-state index is 0.218. The van der Waals surface area contributed by atoms with Gasteiger partial charge in [-0.3, -0.25) is 4.79 Å². The van der Waals surface area contributed by atoms with Crippen molar-refractivity contribution in [3.63, 3.8) is 0 Å². The first-order chi connectivity index (χ1) is 16.4. The van der Waals surface area contributed by atoms with Crippen LogP contribution < -0.4 is 5.73 Å². The average molecular weight is 482 g/mol. The van der Waals surface area contributed by atoms with Crippen LogP contribution in [-0.2, 0) is 22.5 Å². The van der Waals surface area contributed by atoms with Crippen molar-refractivity contribution < 1.29 is 24.5 Å². The summed E-state index contributed by atoms with van der Waals surface area (Å²) in [5.74, 6) is 5.23. The molecule has 2 amide bonds. The first-order valence-electron chi connectivity index (χ1n) is 11.5. The van der Waals surface area contributed by atoms with E-state index in [1.165, 1.54) is 4.90 Å². The third-order valence-electron chi connectivity index (χ3n) is 6.03. The Labute approximate surface area is 204 Å². The highest BCUT2D eigenvalue weighted by Gasteiger charge is 2.42. The van der Waals surface area contributed by atoms with Crippen molar-refractivity contribution >= 4 is 12.0 Å². The van der Waals surface area contributed by atoms with Gasteiger partial charge in [-0.05, 0) is 39.0 Å². The number of ether oxygens (including phenoxy) is 1. The lowest BCUT2D eigenvalue weighted by atomic mass is 10.0. The molecule has 35 heavy (non-hydrogen) atoms. The van der Waals surface area contributed by atoms with E-state index < -0.39 is 29.4 Å². The maximum atomic E-state index is 12.6. The molecule has 0 saturated carbocycles. The van der Waals surface area contributed by atoms with Crippen LogP contribution in [0.25, 0.3) is 5.69 Å². The van der Waals surface area contributed by atoms with Gasteiger partial charge in [0.05, 0.1) is 17.9 Å². The third-order valence-corrected chi connectivity index (χ3v) is 6.03. The van der Waals surface area contributed by atoms with E-state index in [9.17, 15) is 19.8 Å². The second-order valence-corrected chi connectivity index (χ2v) is 9.96. The van der Waals surface area contributed by atoms with Gasteiger partial charge in [0.15, 0.2) is 0 Å². The zero-order valence-corrected chi connectivity index (χ0v) is 20.4. The highest BCUT2D eigenvalue weighted by atomic mass is 16.6. The molecule has 2 aromatic rings. The number of amides is 2. The summed E-state index contributed by atoms with van der Waals surface area (Å²) in [6, 6.07) is 7.21. The number of aliphatic hydroxyl groups excluding tert-OH is 1. The zero-order valence-electron chi connectivity index (χ0n) is 20.4. The number of aromatic nitrogens is 2. The van der Waals surface area contributed by atoms with E-state index in [-0.39, 0.29) is 13.0 Å². The van der Waals surface area contributed by atoms with Crippen molar-refractivity contribution in [2.45, 2.75) is 57.6 Å². The van der Waals surface area contributed by atoms with Crippen molar-refractivity contribution in [3.8, 4) is 17.5 Å². The lowest BCUT2D eigenvalue weighted by Crippen LogP contribution is -2.40. The molecule has 0 radical (unpaired) electrons. The number of carbonyl (C=O) groups is 2. The van der Waals surface area contributed by atoms with Crippen LogP contribution in [0.5, 0.6) is 0 Å². The molecule has 186 valence electrons. The SMILES string of the molecule is CN1CC[C@@](O)(C#Cc2cccc(-n3nc(C(N)O)c4c3CCN(C(=O)OC(C)(C)C)C4)c2)C1=O. The van der Waals surface area contributed by atoms with E-state index in [1.807, 2.05) is 26.8 Å². The van der Waals surface area contributed by atoms with Crippen LogP contribution in [-0.4, -0.2) is 73.1 Å². The van der Waals surface area contributed by atoms with Gasteiger partial charge in [-0.2, -0.15) is 5.10 Å². The Kier molecular flexibility index (Phi) is 6.36. The molecule has 1 unspecified atom stereocenters. The number of hydrogen-bond donors (Lipinski definition) is 3. The molecule has 1 saturated heterocycles. The molecule has 10 heteroatoms. The maximum Gasteiger partial charge on any atom is 0.410 e. The smallest absolute Gasteiger partial charge is 0.410 e. The fourth-order valence-corrected chi connectivity index (χ4v) is 4.24. The standard InChI is InChI=1S/C25H31N5O5/c1-24(2,3)35-23(33)29-12-9-19-18(15-29)20(21(26)31)27-30(19)17-7-5-6-16(14-17)8-10-25(34)11-13-28(4)22(25)32/h5-7,14,21,31,34H,9,11-13,15,26H2,1-4H3/t21?,25-/m0/s1. The van der Waals surface area contributed by atoms with E-state index in [0.29, 0.717) is 42.0 Å². The van der Waals surface area contributed by atoms with Crippen molar-refractivity contribution in [3.05, 3.63) is 46.8 Å². The lowest BCUT2D eigenvalue weighted by molar-refractivity contribution is -0.137. The van der Waals surface area contributed by atoms with E-state index >= 15 is 0 Å². The summed E-state index contributed by atoms with van der Waals surface area (Å²) in [6.45, 7) is 6.52. The fraction of sp³-hybridized carbons (Fsp3) is 0.480. The van der Waals surface area contributed by atoms with Gasteiger partial charge in [-0.15, -0.1) is 0 Å². The number of rotatable bonds is 2. The van der Waals surface area contributed by atoms with Crippen molar-refractivity contribution in [2.24, 2.45) is 5.73 Å². The number of likely N-dealkylation sites (tertiary alicyclic amines) is 1. The summed E-state index contributed by atoms with van der Waals surface area (Å²) >= 11 is 0. The summed E-state index contributed by atoms with van der Waals surface area (Å²) < 4.78 is 7.19. The molecule has 10 nitrogen and oxygen atoms in total. The van der Waals surface area contributed by atoms with Gasteiger partial charge in [0, 0.05) is 44.1 Å². The third kappa shape index (κ3) is 5.03. The van der Waals surface area contributed by atoms with Gasteiger partial charge in [0.25, 0.3) is 5.91 Å². The summed E-state index contributed by atoms with van der Waals surface area (Å²) in [6.07, 6.45) is -1.000. The minimum atomic E-state index is -1.68. The molecule has 1 aromatic heterocycles. The molecule has 2 atom stereocenters. The predicted octanol–water partition coefficient (Wildman–Crippen LogP) is 1.06. The molecule has 4 rings (SSSR count). The van der Waals surface area contributed by atoms with Crippen LogP contribution in [0.4, 0.5) is 4.79 Å². The topological polar surface area (TPSA) is 134 Å². The summed E-state index contributed by atoms with van der Waals surface area (Å²) in [5, 5.41) is 25.3. The normalized spacial score (nSPS) is 20.8. The summed E-state index contributed by atoms with van der Waals surface area (Å²) in [4.78, 5) is 27.8. The zero-order chi connectivity index (χ0) is 25.5. The quantitative estimate of drug-likeness (QED) is 0.431. The number of carbonyl (C=O) groups excluding carboxylic acids is 2. The number of likely N-dealkylation sites (N-methyl/N-ethyl adjacent to an activating group) is 1. The molecule has 0 spiro atoms. The average Bonchev–Trinajstić information content (AvgIpc) is 3.30. The van der Waals surface area contributed by atoms with Gasteiger partial charge in [-0.1, -0.05) is 17.9 Å². The van der Waals surface area contributed by atoms with Gasteiger partial charge in [0.2, 0.25) is 5.60 Å². The van der Waals surface area contributed by atoms with Crippen LogP contribution in [0.3, 0.4) is 0 Å². The van der Waals surface area contributed by atoms with Crippen molar-refractivity contribution in [2.75, 3.05) is 20.1 Å². The van der Waals surface area contributed by atoms with Crippen molar-refractivity contribution in [1.29, 1.82) is 0 Å². The van der Waals surface area contributed by atoms with Crippen LogP contribution in [0, 0.1) is 11.8 Å². The summed E-state index contributed by atoms with van der Waals surface area (Å²) in [7, 11) is 1.64. The molecule has 1 fully saturated rings. The number of benzene rings is 1. The Bertz CT molecular complexity index is 1220. The fourth-order valence-electron chi connectivity index (χ4n) is 4.24.